The summed E-state index contributed by atoms with van der Waals surface area (Å²) >= 11 is 0. The quantitative estimate of drug-likeness (QED) is 0.671. The van der Waals surface area contributed by atoms with Crippen LogP contribution in [0.25, 0.3) is 0 Å². The Kier molecular flexibility index (Phi) is 3.93. The Morgan fingerprint density at radius 1 is 1.50 bits per heavy atom. The fourth-order valence-corrected chi connectivity index (χ4v) is 1.65. The monoisotopic (exact) mass is 226 g/mol. The second-order valence-corrected chi connectivity index (χ2v) is 4.22. The van der Waals surface area contributed by atoms with Gasteiger partial charge in [0.15, 0.2) is 0 Å². The van der Waals surface area contributed by atoms with Crippen molar-refractivity contribution in [1.82, 2.24) is 10.6 Å². The van der Waals surface area contributed by atoms with Gasteiger partial charge >= 0.3 is 5.97 Å². The first-order valence-corrected chi connectivity index (χ1v) is 5.32. The summed E-state index contributed by atoms with van der Waals surface area (Å²) in [6.45, 7) is 5.72. The Balaban J connectivity index is 2.68. The second kappa shape index (κ2) is 5.01. The highest BCUT2D eigenvalue weighted by molar-refractivity contribution is 5.92. The minimum Gasteiger partial charge on any atom is -0.467 e. The van der Waals surface area contributed by atoms with Crippen LogP contribution in [-0.2, 0) is 14.3 Å². The molecule has 0 aliphatic carbocycles. The number of nitrogens with one attached hydrogen (secondary N) is 2. The Hall–Kier alpha value is -1.52. The van der Waals surface area contributed by atoms with Crippen LogP contribution in [0.5, 0.6) is 0 Å². The van der Waals surface area contributed by atoms with Crippen LogP contribution < -0.4 is 10.6 Å². The highest BCUT2D eigenvalue weighted by Gasteiger charge is 2.28. The Bertz CT molecular complexity index is 323. The van der Waals surface area contributed by atoms with Crippen LogP contribution in [0.4, 0.5) is 0 Å². The first-order valence-electron chi connectivity index (χ1n) is 5.32. The summed E-state index contributed by atoms with van der Waals surface area (Å²) < 4.78 is 4.61. The predicted molar refractivity (Wildman–Crippen MR) is 59.5 cm³/mol. The lowest BCUT2D eigenvalue weighted by molar-refractivity contribution is -0.142. The van der Waals surface area contributed by atoms with Crippen molar-refractivity contribution in [3.8, 4) is 0 Å². The molecule has 0 spiro atoms. The van der Waals surface area contributed by atoms with Gasteiger partial charge in [0, 0.05) is 11.8 Å². The summed E-state index contributed by atoms with van der Waals surface area (Å²) in [5, 5.41) is 5.81. The molecule has 5 nitrogen and oxygen atoms in total. The highest BCUT2D eigenvalue weighted by Crippen LogP contribution is 2.15. The molecule has 1 rings (SSSR count). The van der Waals surface area contributed by atoms with Crippen molar-refractivity contribution < 1.29 is 14.3 Å². The molecule has 0 saturated heterocycles. The first kappa shape index (κ1) is 12.5. The molecule has 1 amide bonds. The molecule has 0 aromatic carbocycles. The van der Waals surface area contributed by atoms with Crippen LogP contribution in [0.3, 0.4) is 0 Å². The molecule has 1 aliphatic rings. The highest BCUT2D eigenvalue weighted by atomic mass is 16.5. The van der Waals surface area contributed by atoms with E-state index >= 15 is 0 Å². The molecular formula is C11H18N2O3. The van der Waals surface area contributed by atoms with Gasteiger partial charge in [-0.3, -0.25) is 4.79 Å². The lowest BCUT2D eigenvalue weighted by Gasteiger charge is -2.22. The molecule has 0 unspecified atom stereocenters. The van der Waals surface area contributed by atoms with Crippen molar-refractivity contribution in [1.29, 1.82) is 0 Å². The van der Waals surface area contributed by atoms with Crippen LogP contribution in [0.1, 0.15) is 20.8 Å². The van der Waals surface area contributed by atoms with E-state index in [4.69, 9.17) is 0 Å². The molecule has 5 heteroatoms. The van der Waals surface area contributed by atoms with Gasteiger partial charge in [-0.15, -0.1) is 0 Å². The Labute approximate surface area is 95.2 Å². The topological polar surface area (TPSA) is 67.4 Å². The third-order valence-corrected chi connectivity index (χ3v) is 2.52. The molecule has 2 N–H and O–H groups in total. The van der Waals surface area contributed by atoms with E-state index in [0.717, 1.165) is 5.70 Å². The predicted octanol–water partition coefficient (Wildman–Crippen LogP) is 0.176. The van der Waals surface area contributed by atoms with Gasteiger partial charge in [0.2, 0.25) is 5.91 Å². The molecular weight excluding hydrogens is 208 g/mol. The maximum Gasteiger partial charge on any atom is 0.327 e. The van der Waals surface area contributed by atoms with E-state index in [9.17, 15) is 9.59 Å². The maximum absolute atomic E-state index is 11.2. The number of carbonyl (C=O) groups is 2. The number of esters is 1. The zero-order chi connectivity index (χ0) is 12.3. The lowest BCUT2D eigenvalue weighted by Crippen LogP contribution is -2.42. The number of methoxy groups -OCH3 is 1. The van der Waals surface area contributed by atoms with E-state index in [1.807, 2.05) is 13.8 Å². The van der Waals surface area contributed by atoms with Crippen LogP contribution in [0.2, 0.25) is 0 Å². The first-order chi connectivity index (χ1) is 7.45. The summed E-state index contributed by atoms with van der Waals surface area (Å²) in [6.07, 6.45) is 1.49. The van der Waals surface area contributed by atoms with E-state index in [0.29, 0.717) is 0 Å². The van der Waals surface area contributed by atoms with Crippen LogP contribution >= 0.6 is 0 Å². The van der Waals surface area contributed by atoms with Gasteiger partial charge in [-0.1, -0.05) is 13.8 Å². The Morgan fingerprint density at radius 3 is 2.62 bits per heavy atom. The smallest absolute Gasteiger partial charge is 0.327 e. The number of hydrogen-bond acceptors (Lipinski definition) is 4. The number of amides is 1. The summed E-state index contributed by atoms with van der Waals surface area (Å²) in [6, 6.07) is -0.509. The van der Waals surface area contributed by atoms with Gasteiger partial charge in [0.25, 0.3) is 0 Å². The summed E-state index contributed by atoms with van der Waals surface area (Å²) in [5.74, 6) is -0.198. The molecule has 1 heterocycles. The number of hydrogen-bond donors (Lipinski definition) is 2. The van der Waals surface area contributed by atoms with Crippen molar-refractivity contribution >= 4 is 11.9 Å². The van der Waals surface area contributed by atoms with Crippen molar-refractivity contribution in [2.75, 3.05) is 7.11 Å². The van der Waals surface area contributed by atoms with E-state index < -0.39 is 6.04 Å². The summed E-state index contributed by atoms with van der Waals surface area (Å²) in [4.78, 5) is 22.5. The molecule has 0 aromatic heterocycles. The fourth-order valence-electron chi connectivity index (χ4n) is 1.65. The van der Waals surface area contributed by atoms with Gasteiger partial charge in [-0.2, -0.15) is 0 Å². The maximum atomic E-state index is 11.2. The zero-order valence-corrected chi connectivity index (χ0v) is 10.0. The van der Waals surface area contributed by atoms with E-state index in [1.165, 1.54) is 13.2 Å². The van der Waals surface area contributed by atoms with Crippen molar-refractivity contribution in [3.05, 3.63) is 11.8 Å². The van der Waals surface area contributed by atoms with Gasteiger partial charge in [0.05, 0.1) is 13.2 Å². The molecule has 2 atom stereocenters. The average Bonchev–Trinajstić information content (AvgIpc) is 2.58. The molecule has 90 valence electrons. The second-order valence-electron chi connectivity index (χ2n) is 4.22. The van der Waals surface area contributed by atoms with E-state index in [2.05, 4.69) is 15.4 Å². The van der Waals surface area contributed by atoms with Gasteiger partial charge in [0.1, 0.15) is 6.04 Å². The van der Waals surface area contributed by atoms with Crippen LogP contribution in [0.15, 0.2) is 11.8 Å². The Morgan fingerprint density at radius 2 is 2.12 bits per heavy atom. The van der Waals surface area contributed by atoms with Crippen molar-refractivity contribution in [3.63, 3.8) is 0 Å². The minimum atomic E-state index is -0.454. The van der Waals surface area contributed by atoms with Crippen LogP contribution in [0, 0.1) is 5.92 Å². The van der Waals surface area contributed by atoms with Gasteiger partial charge < -0.3 is 15.4 Å². The molecule has 0 radical (unpaired) electrons. The fraction of sp³-hybridized carbons (Fsp3) is 0.636. The van der Waals surface area contributed by atoms with Crippen LogP contribution in [-0.4, -0.2) is 31.1 Å². The normalized spacial score (nSPS) is 21.4. The lowest BCUT2D eigenvalue weighted by atomic mass is 10.0. The standard InChI is InChI=1S/C11H18N2O3/c1-6(2)10-8(5-9(14)13-10)12-7(3)11(15)16-4/h5-7,10,12H,1-4H3,(H,13,14)/t7-,10-/m0/s1. The number of rotatable bonds is 4. The molecule has 0 aromatic rings. The van der Waals surface area contributed by atoms with Gasteiger partial charge in [-0.25, -0.2) is 4.79 Å². The average molecular weight is 226 g/mol. The molecule has 0 fully saturated rings. The number of carbonyl (C=O) groups excluding carboxylic acids is 2. The summed E-state index contributed by atoms with van der Waals surface area (Å²) in [7, 11) is 1.34. The van der Waals surface area contributed by atoms with Gasteiger partial charge in [-0.05, 0) is 12.8 Å². The largest absolute Gasteiger partial charge is 0.467 e. The summed E-state index contributed by atoms with van der Waals surface area (Å²) in [5.41, 5.74) is 0.748. The molecule has 0 saturated carbocycles. The van der Waals surface area contributed by atoms with E-state index in [1.54, 1.807) is 6.92 Å². The number of ether oxygens (including phenoxy) is 1. The minimum absolute atomic E-state index is 0.0559. The zero-order valence-electron chi connectivity index (χ0n) is 10.0. The third kappa shape index (κ3) is 2.74. The van der Waals surface area contributed by atoms with E-state index in [-0.39, 0.29) is 23.8 Å². The molecule has 1 aliphatic heterocycles. The molecule has 16 heavy (non-hydrogen) atoms. The SMILES string of the molecule is COC(=O)[C@H](C)NC1=CC(=O)N[C@H]1C(C)C. The van der Waals surface area contributed by atoms with Crippen molar-refractivity contribution in [2.24, 2.45) is 5.92 Å². The van der Waals surface area contributed by atoms with Crippen molar-refractivity contribution in [2.45, 2.75) is 32.9 Å². The molecule has 0 bridgehead atoms. The third-order valence-electron chi connectivity index (χ3n) is 2.52.